The maximum atomic E-state index is 12.1. The summed E-state index contributed by atoms with van der Waals surface area (Å²) in [7, 11) is 0. The zero-order valence-corrected chi connectivity index (χ0v) is 13.2. The molecule has 0 saturated heterocycles. The van der Waals surface area contributed by atoms with Gasteiger partial charge in [-0.2, -0.15) is 13.2 Å². The van der Waals surface area contributed by atoms with Gasteiger partial charge in [0.05, 0.1) is 6.42 Å². The normalized spacial score (nSPS) is 23.1. The van der Waals surface area contributed by atoms with Crippen molar-refractivity contribution < 1.29 is 13.2 Å². The van der Waals surface area contributed by atoms with Crippen LogP contribution in [0.5, 0.6) is 0 Å². The first-order valence-corrected chi connectivity index (χ1v) is 8.30. The molecular weight excluding hydrogens is 285 g/mol. The zero-order chi connectivity index (χ0) is 16.0. The first-order valence-electron chi connectivity index (χ1n) is 8.30. The van der Waals surface area contributed by atoms with Gasteiger partial charge in [0.1, 0.15) is 0 Å². The van der Waals surface area contributed by atoms with E-state index in [0.717, 1.165) is 38.5 Å². The summed E-state index contributed by atoms with van der Waals surface area (Å²) in [6, 6.07) is 8.90. The van der Waals surface area contributed by atoms with E-state index in [2.05, 4.69) is 31.2 Å². The fraction of sp³-hybridized carbons (Fsp3) is 0.579. The van der Waals surface area contributed by atoms with Crippen LogP contribution < -0.4 is 0 Å². The van der Waals surface area contributed by atoms with Gasteiger partial charge < -0.3 is 0 Å². The molecule has 3 heteroatoms. The van der Waals surface area contributed by atoms with E-state index in [1.165, 1.54) is 17.2 Å². The van der Waals surface area contributed by atoms with Crippen LogP contribution in [0, 0.1) is 5.92 Å². The van der Waals surface area contributed by atoms with Crippen LogP contribution in [0.15, 0.2) is 36.4 Å². The molecule has 0 unspecified atom stereocenters. The van der Waals surface area contributed by atoms with Crippen LogP contribution in [-0.4, -0.2) is 6.18 Å². The largest absolute Gasteiger partial charge is 0.392 e. The van der Waals surface area contributed by atoms with Gasteiger partial charge in [0.15, 0.2) is 0 Å². The van der Waals surface area contributed by atoms with Crippen molar-refractivity contribution in [2.75, 3.05) is 0 Å². The third-order valence-electron chi connectivity index (χ3n) is 4.52. The second kappa shape index (κ2) is 7.85. The maximum Gasteiger partial charge on any atom is 0.392 e. The molecule has 0 atom stereocenters. The number of hydrogen-bond acceptors (Lipinski definition) is 0. The highest BCUT2D eigenvalue weighted by Gasteiger charge is 2.25. The number of aryl methyl sites for hydroxylation is 1. The third kappa shape index (κ3) is 5.51. The average Bonchev–Trinajstić information content (AvgIpc) is 2.48. The van der Waals surface area contributed by atoms with E-state index in [1.807, 2.05) is 0 Å². The van der Waals surface area contributed by atoms with Gasteiger partial charge in [-0.1, -0.05) is 49.8 Å². The molecule has 1 aromatic rings. The van der Waals surface area contributed by atoms with E-state index in [9.17, 15) is 13.2 Å². The van der Waals surface area contributed by atoms with Crippen molar-refractivity contribution in [1.82, 2.24) is 0 Å². The highest BCUT2D eigenvalue weighted by molar-refractivity contribution is 5.26. The van der Waals surface area contributed by atoms with E-state index in [1.54, 1.807) is 6.08 Å². The summed E-state index contributed by atoms with van der Waals surface area (Å²) >= 11 is 0. The Kier molecular flexibility index (Phi) is 6.10. The molecule has 1 saturated carbocycles. The van der Waals surface area contributed by atoms with Crippen LogP contribution in [0.1, 0.15) is 62.5 Å². The molecule has 122 valence electrons. The number of rotatable bonds is 5. The SMILES string of the molecule is CCCc1ccc([C@H]2CC[C@H](/C=C/CC(F)(F)F)CC2)cc1. The lowest BCUT2D eigenvalue weighted by molar-refractivity contribution is -0.125. The minimum absolute atomic E-state index is 0.318. The standard InChI is InChI=1S/C19H25F3/c1-2-4-15-6-10-17(11-7-15)18-12-8-16(9-13-18)5-3-14-19(20,21)22/h3,5-7,10-11,16,18H,2,4,8-9,12-14H2,1H3/b5-3+/t16-,18-. The van der Waals surface area contributed by atoms with E-state index in [0.29, 0.717) is 11.8 Å². The smallest absolute Gasteiger partial charge is 0.171 e. The Bertz CT molecular complexity index is 462. The van der Waals surface area contributed by atoms with Crippen molar-refractivity contribution in [3.05, 3.63) is 47.5 Å². The molecule has 0 aliphatic heterocycles. The number of allylic oxidation sites excluding steroid dienone is 2. The maximum absolute atomic E-state index is 12.1. The van der Waals surface area contributed by atoms with Gasteiger partial charge in [-0.3, -0.25) is 0 Å². The predicted octanol–water partition coefficient (Wildman–Crippen LogP) is 6.42. The lowest BCUT2D eigenvalue weighted by atomic mass is 9.78. The third-order valence-corrected chi connectivity index (χ3v) is 4.52. The van der Waals surface area contributed by atoms with Gasteiger partial charge in [-0.25, -0.2) is 0 Å². The van der Waals surface area contributed by atoms with Gasteiger partial charge in [0, 0.05) is 0 Å². The summed E-state index contributed by atoms with van der Waals surface area (Å²) in [6.45, 7) is 2.18. The molecule has 0 radical (unpaired) electrons. The lowest BCUT2D eigenvalue weighted by Gasteiger charge is -2.27. The molecule has 0 heterocycles. The number of halogens is 3. The Balaban J connectivity index is 1.81. The van der Waals surface area contributed by atoms with E-state index in [4.69, 9.17) is 0 Å². The Hall–Kier alpha value is -1.25. The van der Waals surface area contributed by atoms with Gasteiger partial charge in [0.2, 0.25) is 0 Å². The van der Waals surface area contributed by atoms with E-state index in [-0.39, 0.29) is 0 Å². The Morgan fingerprint density at radius 2 is 1.68 bits per heavy atom. The molecule has 1 aliphatic carbocycles. The van der Waals surface area contributed by atoms with Gasteiger partial charge >= 0.3 is 6.18 Å². The molecule has 2 rings (SSSR count). The minimum atomic E-state index is -4.08. The van der Waals surface area contributed by atoms with Crippen LogP contribution in [0.25, 0.3) is 0 Å². The molecule has 0 nitrogen and oxygen atoms in total. The first-order chi connectivity index (χ1) is 10.5. The van der Waals surface area contributed by atoms with E-state index < -0.39 is 12.6 Å². The summed E-state index contributed by atoms with van der Waals surface area (Å²) in [6.07, 6.45) is 4.62. The quantitative estimate of drug-likeness (QED) is 0.550. The van der Waals surface area contributed by atoms with Crippen molar-refractivity contribution in [2.45, 2.75) is 64.0 Å². The fourth-order valence-corrected chi connectivity index (χ4v) is 3.28. The number of benzene rings is 1. The molecule has 0 N–H and O–H groups in total. The van der Waals surface area contributed by atoms with Crippen molar-refractivity contribution in [3.63, 3.8) is 0 Å². The topological polar surface area (TPSA) is 0 Å². The molecule has 1 fully saturated rings. The second-order valence-electron chi connectivity index (χ2n) is 6.35. The summed E-state index contributed by atoms with van der Waals surface area (Å²) in [5.74, 6) is 0.890. The van der Waals surface area contributed by atoms with Crippen molar-refractivity contribution in [2.24, 2.45) is 5.92 Å². The van der Waals surface area contributed by atoms with Crippen molar-refractivity contribution in [3.8, 4) is 0 Å². The summed E-state index contributed by atoms with van der Waals surface area (Å²) in [4.78, 5) is 0. The molecule has 0 bridgehead atoms. The Morgan fingerprint density at radius 1 is 1.05 bits per heavy atom. The molecule has 0 aromatic heterocycles. The molecular formula is C19H25F3. The van der Waals surface area contributed by atoms with E-state index >= 15 is 0 Å². The minimum Gasteiger partial charge on any atom is -0.171 e. The van der Waals surface area contributed by atoms with Gasteiger partial charge in [-0.05, 0) is 55.1 Å². The van der Waals surface area contributed by atoms with Crippen LogP contribution >= 0.6 is 0 Å². The van der Waals surface area contributed by atoms with Crippen molar-refractivity contribution >= 4 is 0 Å². The predicted molar refractivity (Wildman–Crippen MR) is 84.9 cm³/mol. The lowest BCUT2D eigenvalue weighted by Crippen LogP contribution is -2.12. The monoisotopic (exact) mass is 310 g/mol. The molecule has 22 heavy (non-hydrogen) atoms. The number of hydrogen-bond donors (Lipinski definition) is 0. The van der Waals surface area contributed by atoms with Gasteiger partial charge in [-0.15, -0.1) is 0 Å². The Labute approximate surface area is 131 Å². The molecule has 1 aromatic carbocycles. The molecule has 0 amide bonds. The van der Waals surface area contributed by atoms with Gasteiger partial charge in [0.25, 0.3) is 0 Å². The summed E-state index contributed by atoms with van der Waals surface area (Å²) in [5, 5.41) is 0. The highest BCUT2D eigenvalue weighted by Crippen LogP contribution is 2.36. The molecule has 1 aliphatic rings. The Morgan fingerprint density at radius 3 is 2.23 bits per heavy atom. The first kappa shape index (κ1) is 17.1. The fourth-order valence-electron chi connectivity index (χ4n) is 3.28. The van der Waals surface area contributed by atoms with Crippen LogP contribution in [0.2, 0.25) is 0 Å². The van der Waals surface area contributed by atoms with Crippen LogP contribution in [-0.2, 0) is 6.42 Å². The average molecular weight is 310 g/mol. The van der Waals surface area contributed by atoms with Crippen molar-refractivity contribution in [1.29, 1.82) is 0 Å². The number of alkyl halides is 3. The zero-order valence-electron chi connectivity index (χ0n) is 13.2. The van der Waals surface area contributed by atoms with Crippen LogP contribution in [0.4, 0.5) is 13.2 Å². The second-order valence-corrected chi connectivity index (χ2v) is 6.35. The summed E-state index contributed by atoms with van der Waals surface area (Å²) in [5.41, 5.74) is 2.77. The summed E-state index contributed by atoms with van der Waals surface area (Å²) < 4.78 is 36.4. The van der Waals surface area contributed by atoms with Crippen LogP contribution in [0.3, 0.4) is 0 Å². The highest BCUT2D eigenvalue weighted by atomic mass is 19.4. The molecule has 0 spiro atoms.